The van der Waals surface area contributed by atoms with E-state index >= 15 is 0 Å². The minimum Gasteiger partial charge on any atom is -0.490 e. The van der Waals surface area contributed by atoms with Gasteiger partial charge in [-0.25, -0.2) is 0 Å². The molecule has 0 radical (unpaired) electrons. The number of likely N-dealkylation sites (N-methyl/N-ethyl adjacent to an activating group) is 1. The molecule has 0 bridgehead atoms. The SMILES string of the molecule is CN1CC[C@H]1COc1cccnc1.Cl. The Labute approximate surface area is 90.5 Å². The third kappa shape index (κ3) is 2.59. The highest BCUT2D eigenvalue weighted by atomic mass is 35.5. The van der Waals surface area contributed by atoms with E-state index in [2.05, 4.69) is 16.9 Å². The summed E-state index contributed by atoms with van der Waals surface area (Å²) in [5, 5.41) is 0. The van der Waals surface area contributed by atoms with Gasteiger partial charge in [-0.1, -0.05) is 0 Å². The highest BCUT2D eigenvalue weighted by molar-refractivity contribution is 5.85. The molecule has 0 unspecified atom stereocenters. The predicted octanol–water partition coefficient (Wildman–Crippen LogP) is 1.59. The van der Waals surface area contributed by atoms with Crippen LogP contribution >= 0.6 is 12.4 Å². The molecule has 0 saturated carbocycles. The van der Waals surface area contributed by atoms with Gasteiger partial charge in [-0.3, -0.25) is 9.88 Å². The van der Waals surface area contributed by atoms with Crippen LogP contribution in [0.2, 0.25) is 0 Å². The molecule has 78 valence electrons. The Balaban J connectivity index is 0.000000980. The van der Waals surface area contributed by atoms with Crippen LogP contribution in [0.1, 0.15) is 6.42 Å². The van der Waals surface area contributed by atoms with Gasteiger partial charge in [0.1, 0.15) is 12.4 Å². The second-order valence-corrected chi connectivity index (χ2v) is 3.42. The molecule has 1 aromatic heterocycles. The second kappa shape index (κ2) is 5.17. The number of likely N-dealkylation sites (tertiary alicyclic amines) is 1. The summed E-state index contributed by atoms with van der Waals surface area (Å²) in [6, 6.07) is 4.42. The first-order valence-corrected chi connectivity index (χ1v) is 4.59. The molecular formula is C10H15ClN2O. The van der Waals surface area contributed by atoms with Crippen molar-refractivity contribution in [3.05, 3.63) is 24.5 Å². The van der Waals surface area contributed by atoms with Crippen molar-refractivity contribution in [1.82, 2.24) is 9.88 Å². The van der Waals surface area contributed by atoms with Crippen LogP contribution in [0.5, 0.6) is 5.75 Å². The molecule has 4 heteroatoms. The standard InChI is InChI=1S/C10H14N2O.ClH/c1-12-6-4-9(12)8-13-10-3-2-5-11-7-10;/h2-3,5,7,9H,4,6,8H2,1H3;1H/t9-;/m0./s1. The average Bonchev–Trinajstić information content (AvgIpc) is 2.17. The van der Waals surface area contributed by atoms with Gasteiger partial charge in [0, 0.05) is 12.2 Å². The van der Waals surface area contributed by atoms with E-state index in [1.165, 1.54) is 13.0 Å². The molecular weight excluding hydrogens is 200 g/mol. The van der Waals surface area contributed by atoms with E-state index in [-0.39, 0.29) is 12.4 Å². The van der Waals surface area contributed by atoms with Gasteiger partial charge >= 0.3 is 0 Å². The second-order valence-electron chi connectivity index (χ2n) is 3.42. The summed E-state index contributed by atoms with van der Waals surface area (Å²) in [7, 11) is 2.13. The van der Waals surface area contributed by atoms with Gasteiger partial charge in [0.25, 0.3) is 0 Å². The summed E-state index contributed by atoms with van der Waals surface area (Å²) in [5.74, 6) is 0.864. The molecule has 14 heavy (non-hydrogen) atoms. The van der Waals surface area contributed by atoms with Crippen molar-refractivity contribution in [2.45, 2.75) is 12.5 Å². The highest BCUT2D eigenvalue weighted by Crippen LogP contribution is 2.16. The fourth-order valence-corrected chi connectivity index (χ4v) is 1.41. The molecule has 1 saturated heterocycles. The molecule has 1 aliphatic heterocycles. The molecule has 1 aliphatic rings. The molecule has 0 aliphatic carbocycles. The lowest BCUT2D eigenvalue weighted by atomic mass is 10.1. The van der Waals surface area contributed by atoms with Crippen LogP contribution in [0.15, 0.2) is 24.5 Å². The summed E-state index contributed by atoms with van der Waals surface area (Å²) in [6.07, 6.45) is 4.75. The molecule has 2 rings (SSSR count). The van der Waals surface area contributed by atoms with Crippen LogP contribution in [-0.2, 0) is 0 Å². The van der Waals surface area contributed by atoms with Gasteiger partial charge < -0.3 is 4.74 Å². The van der Waals surface area contributed by atoms with Gasteiger partial charge in [0.15, 0.2) is 0 Å². The monoisotopic (exact) mass is 214 g/mol. The highest BCUT2D eigenvalue weighted by Gasteiger charge is 2.24. The number of ether oxygens (including phenoxy) is 1. The summed E-state index contributed by atoms with van der Waals surface area (Å²) in [4.78, 5) is 6.29. The zero-order chi connectivity index (χ0) is 9.10. The summed E-state index contributed by atoms with van der Waals surface area (Å²) < 4.78 is 5.58. The quantitative estimate of drug-likeness (QED) is 0.764. The first kappa shape index (κ1) is 11.3. The van der Waals surface area contributed by atoms with E-state index in [0.717, 1.165) is 12.4 Å². The minimum absolute atomic E-state index is 0. The van der Waals surface area contributed by atoms with Crippen molar-refractivity contribution in [2.75, 3.05) is 20.2 Å². The molecule has 0 aromatic carbocycles. The van der Waals surface area contributed by atoms with Crippen molar-refractivity contribution < 1.29 is 4.74 Å². The van der Waals surface area contributed by atoms with E-state index in [9.17, 15) is 0 Å². The summed E-state index contributed by atoms with van der Waals surface area (Å²) >= 11 is 0. The Kier molecular flexibility index (Phi) is 4.17. The third-order valence-corrected chi connectivity index (χ3v) is 2.52. The molecule has 1 atom stereocenters. The molecule has 0 amide bonds. The molecule has 1 aromatic rings. The van der Waals surface area contributed by atoms with E-state index < -0.39 is 0 Å². The Bertz CT molecular complexity index is 268. The minimum atomic E-state index is 0. The predicted molar refractivity (Wildman–Crippen MR) is 58.0 cm³/mol. The first-order valence-electron chi connectivity index (χ1n) is 4.59. The Morgan fingerprint density at radius 1 is 1.64 bits per heavy atom. The lowest BCUT2D eigenvalue weighted by Gasteiger charge is -2.37. The van der Waals surface area contributed by atoms with Gasteiger partial charge in [-0.15, -0.1) is 12.4 Å². The Morgan fingerprint density at radius 2 is 2.50 bits per heavy atom. The van der Waals surface area contributed by atoms with Crippen molar-refractivity contribution in [3.8, 4) is 5.75 Å². The number of rotatable bonds is 3. The lowest BCUT2D eigenvalue weighted by Crippen LogP contribution is -2.48. The molecule has 2 heterocycles. The van der Waals surface area contributed by atoms with E-state index in [0.29, 0.717) is 6.04 Å². The maximum absolute atomic E-state index is 5.58. The van der Waals surface area contributed by atoms with Crippen LogP contribution in [0.25, 0.3) is 0 Å². The van der Waals surface area contributed by atoms with Crippen LogP contribution in [0, 0.1) is 0 Å². The Morgan fingerprint density at radius 3 is 3.00 bits per heavy atom. The van der Waals surface area contributed by atoms with E-state index in [1.54, 1.807) is 12.4 Å². The van der Waals surface area contributed by atoms with Crippen molar-refractivity contribution in [2.24, 2.45) is 0 Å². The maximum Gasteiger partial charge on any atom is 0.137 e. The average molecular weight is 215 g/mol. The topological polar surface area (TPSA) is 25.4 Å². The molecule has 0 N–H and O–H groups in total. The van der Waals surface area contributed by atoms with Gasteiger partial charge in [0.05, 0.1) is 6.20 Å². The number of aromatic nitrogens is 1. The zero-order valence-corrected chi connectivity index (χ0v) is 9.04. The number of hydrogen-bond acceptors (Lipinski definition) is 3. The largest absolute Gasteiger partial charge is 0.490 e. The summed E-state index contributed by atoms with van der Waals surface area (Å²) in [6.45, 7) is 1.98. The third-order valence-electron chi connectivity index (χ3n) is 2.52. The Hall–Kier alpha value is -0.800. The van der Waals surface area contributed by atoms with Gasteiger partial charge in [-0.2, -0.15) is 0 Å². The lowest BCUT2D eigenvalue weighted by molar-refractivity contribution is 0.0767. The van der Waals surface area contributed by atoms with Crippen molar-refractivity contribution >= 4 is 12.4 Å². The fourth-order valence-electron chi connectivity index (χ4n) is 1.41. The maximum atomic E-state index is 5.58. The van der Waals surface area contributed by atoms with Crippen molar-refractivity contribution in [1.29, 1.82) is 0 Å². The van der Waals surface area contributed by atoms with E-state index in [4.69, 9.17) is 4.74 Å². The molecule has 1 fully saturated rings. The number of nitrogens with zero attached hydrogens (tertiary/aromatic N) is 2. The number of pyridine rings is 1. The molecule has 3 nitrogen and oxygen atoms in total. The zero-order valence-electron chi connectivity index (χ0n) is 8.22. The molecule has 0 spiro atoms. The number of halogens is 1. The smallest absolute Gasteiger partial charge is 0.137 e. The van der Waals surface area contributed by atoms with Crippen LogP contribution in [0.4, 0.5) is 0 Å². The van der Waals surface area contributed by atoms with Gasteiger partial charge in [-0.05, 0) is 32.1 Å². The van der Waals surface area contributed by atoms with Crippen LogP contribution < -0.4 is 4.74 Å². The first-order chi connectivity index (χ1) is 6.36. The van der Waals surface area contributed by atoms with E-state index in [1.807, 2.05) is 12.1 Å². The number of hydrogen-bond donors (Lipinski definition) is 0. The summed E-state index contributed by atoms with van der Waals surface area (Å²) in [5.41, 5.74) is 0. The van der Waals surface area contributed by atoms with Crippen LogP contribution in [-0.4, -0.2) is 36.1 Å². The normalized spacial score (nSPS) is 20.8. The van der Waals surface area contributed by atoms with Gasteiger partial charge in [0.2, 0.25) is 0 Å². The fraction of sp³-hybridized carbons (Fsp3) is 0.500. The van der Waals surface area contributed by atoms with Crippen LogP contribution in [0.3, 0.4) is 0 Å². The van der Waals surface area contributed by atoms with Crippen molar-refractivity contribution in [3.63, 3.8) is 0 Å².